The molecule has 0 unspecified atom stereocenters. The van der Waals surface area contributed by atoms with Crippen molar-refractivity contribution in [2.24, 2.45) is 0 Å². The fraction of sp³-hybridized carbons (Fsp3) is 0.227. The Morgan fingerprint density at radius 1 is 1.07 bits per heavy atom. The van der Waals surface area contributed by atoms with Crippen LogP contribution in [0.2, 0.25) is 0 Å². The molecule has 0 bridgehead atoms. The zero-order chi connectivity index (χ0) is 18.9. The molecule has 0 spiro atoms. The van der Waals surface area contributed by atoms with E-state index in [0.29, 0.717) is 6.01 Å². The molecule has 0 fully saturated rings. The molecule has 0 saturated heterocycles. The van der Waals surface area contributed by atoms with Crippen LogP contribution in [0.4, 0.5) is 0 Å². The summed E-state index contributed by atoms with van der Waals surface area (Å²) in [5.41, 5.74) is 4.31. The Bertz CT molecular complexity index is 1120. The maximum atomic E-state index is 5.70. The van der Waals surface area contributed by atoms with Gasteiger partial charge in [-0.15, -0.1) is 0 Å². The summed E-state index contributed by atoms with van der Waals surface area (Å²) in [5, 5.41) is 6.84. The van der Waals surface area contributed by atoms with Gasteiger partial charge in [-0.1, -0.05) is 47.6 Å². The van der Waals surface area contributed by atoms with Crippen molar-refractivity contribution in [1.29, 1.82) is 0 Å². The predicted molar refractivity (Wildman–Crippen MR) is 106 cm³/mol. The van der Waals surface area contributed by atoms with E-state index in [9.17, 15) is 0 Å². The van der Waals surface area contributed by atoms with E-state index in [1.165, 1.54) is 16.3 Å². The molecule has 0 amide bonds. The molecule has 0 N–H and O–H groups in total. The molecule has 3 heterocycles. The number of rotatable bonds is 4. The number of methoxy groups -OCH3 is 1. The lowest BCUT2D eigenvalue weighted by molar-refractivity contribution is 0.228. The molecule has 0 radical (unpaired) electrons. The molecule has 140 valence electrons. The Labute approximate surface area is 162 Å². The van der Waals surface area contributed by atoms with Crippen LogP contribution in [0.1, 0.15) is 16.9 Å². The van der Waals surface area contributed by atoms with Crippen molar-refractivity contribution in [3.8, 4) is 17.3 Å². The fourth-order valence-corrected chi connectivity index (χ4v) is 3.83. The van der Waals surface area contributed by atoms with E-state index < -0.39 is 0 Å². The third kappa shape index (κ3) is 3.01. The molecule has 2 aromatic carbocycles. The summed E-state index contributed by atoms with van der Waals surface area (Å²) in [7, 11) is 1.57. The van der Waals surface area contributed by atoms with Crippen LogP contribution in [0.5, 0.6) is 6.01 Å². The molecule has 1 aliphatic heterocycles. The van der Waals surface area contributed by atoms with Gasteiger partial charge in [0.25, 0.3) is 0 Å². The highest BCUT2D eigenvalue weighted by Gasteiger charge is 2.25. The molecular weight excluding hydrogens is 352 g/mol. The third-order valence-electron chi connectivity index (χ3n) is 5.22. The van der Waals surface area contributed by atoms with Crippen molar-refractivity contribution in [2.45, 2.75) is 19.5 Å². The van der Waals surface area contributed by atoms with Crippen LogP contribution in [0.15, 0.2) is 59.4 Å². The molecule has 0 saturated carbocycles. The summed E-state index contributed by atoms with van der Waals surface area (Å²) in [5.74, 6) is 0.991. The second-order valence-corrected chi connectivity index (χ2v) is 7.00. The zero-order valence-electron chi connectivity index (χ0n) is 15.6. The van der Waals surface area contributed by atoms with E-state index in [2.05, 4.69) is 62.5 Å². The van der Waals surface area contributed by atoms with E-state index in [4.69, 9.17) is 9.26 Å². The standard InChI is InChI=1S/C22H20N4O2/c1-27-22-23-11-15(12-24-22)13-26-10-9-20-19(14-26)21(25-28-20)18-8-4-6-16-5-2-3-7-17(16)18/h2-8,11-12H,9-10,13-14H2,1H3. The van der Waals surface area contributed by atoms with Gasteiger partial charge in [0, 0.05) is 55.1 Å². The number of benzene rings is 2. The minimum absolute atomic E-state index is 0.391. The van der Waals surface area contributed by atoms with E-state index in [1.807, 2.05) is 12.4 Å². The van der Waals surface area contributed by atoms with Gasteiger partial charge in [-0.2, -0.15) is 0 Å². The summed E-state index contributed by atoms with van der Waals surface area (Å²) in [4.78, 5) is 10.8. The number of aromatic nitrogens is 3. The van der Waals surface area contributed by atoms with Gasteiger partial charge in [-0.25, -0.2) is 9.97 Å². The number of hydrogen-bond acceptors (Lipinski definition) is 6. The van der Waals surface area contributed by atoms with Crippen molar-refractivity contribution in [3.05, 3.63) is 71.7 Å². The van der Waals surface area contributed by atoms with Crippen molar-refractivity contribution in [2.75, 3.05) is 13.7 Å². The van der Waals surface area contributed by atoms with E-state index in [0.717, 1.165) is 48.6 Å². The van der Waals surface area contributed by atoms with Gasteiger partial charge in [-0.05, 0) is 10.8 Å². The average molecular weight is 372 g/mol. The maximum absolute atomic E-state index is 5.70. The molecule has 28 heavy (non-hydrogen) atoms. The van der Waals surface area contributed by atoms with Gasteiger partial charge in [0.15, 0.2) is 0 Å². The number of hydrogen-bond donors (Lipinski definition) is 0. The van der Waals surface area contributed by atoms with Crippen LogP contribution < -0.4 is 4.74 Å². The first-order valence-electron chi connectivity index (χ1n) is 9.34. The molecular formula is C22H20N4O2. The SMILES string of the molecule is COc1ncc(CN2CCc3onc(-c4cccc5ccccc45)c3C2)cn1. The lowest BCUT2D eigenvalue weighted by Gasteiger charge is -2.26. The highest BCUT2D eigenvalue weighted by atomic mass is 16.5. The Balaban J connectivity index is 1.45. The van der Waals surface area contributed by atoms with Crippen molar-refractivity contribution in [3.63, 3.8) is 0 Å². The zero-order valence-corrected chi connectivity index (χ0v) is 15.6. The summed E-state index contributed by atoms with van der Waals surface area (Å²) in [6.07, 6.45) is 4.49. The summed E-state index contributed by atoms with van der Waals surface area (Å²) >= 11 is 0. The van der Waals surface area contributed by atoms with Crippen molar-refractivity contribution < 1.29 is 9.26 Å². The first-order valence-corrected chi connectivity index (χ1v) is 9.34. The van der Waals surface area contributed by atoms with Gasteiger partial charge in [0.05, 0.1) is 7.11 Å². The summed E-state index contributed by atoms with van der Waals surface area (Å²) < 4.78 is 10.7. The minimum Gasteiger partial charge on any atom is -0.467 e. The van der Waals surface area contributed by atoms with Crippen molar-refractivity contribution in [1.82, 2.24) is 20.0 Å². The lowest BCUT2D eigenvalue weighted by atomic mass is 9.97. The van der Waals surface area contributed by atoms with Crippen LogP contribution in [-0.4, -0.2) is 33.7 Å². The van der Waals surface area contributed by atoms with Crippen LogP contribution in [0, 0.1) is 0 Å². The topological polar surface area (TPSA) is 64.3 Å². The predicted octanol–water partition coefficient (Wildman–Crippen LogP) is 3.85. The van der Waals surface area contributed by atoms with Gasteiger partial charge in [-0.3, -0.25) is 4.90 Å². The minimum atomic E-state index is 0.391. The van der Waals surface area contributed by atoms with Crippen LogP contribution in [0.25, 0.3) is 22.0 Å². The highest BCUT2D eigenvalue weighted by molar-refractivity contribution is 5.96. The van der Waals surface area contributed by atoms with E-state index in [1.54, 1.807) is 7.11 Å². The first kappa shape index (κ1) is 16.9. The Kier molecular flexibility index (Phi) is 4.25. The largest absolute Gasteiger partial charge is 0.467 e. The highest BCUT2D eigenvalue weighted by Crippen LogP contribution is 2.34. The van der Waals surface area contributed by atoms with E-state index >= 15 is 0 Å². The maximum Gasteiger partial charge on any atom is 0.316 e. The second kappa shape index (κ2) is 7.05. The van der Waals surface area contributed by atoms with Crippen molar-refractivity contribution >= 4 is 10.8 Å². The smallest absolute Gasteiger partial charge is 0.316 e. The van der Waals surface area contributed by atoms with Crippen LogP contribution >= 0.6 is 0 Å². The normalized spacial score (nSPS) is 14.2. The lowest BCUT2D eigenvalue weighted by Crippen LogP contribution is -2.29. The quantitative estimate of drug-likeness (QED) is 0.542. The molecule has 0 atom stereocenters. The molecule has 5 rings (SSSR count). The van der Waals surface area contributed by atoms with Gasteiger partial charge in [0.1, 0.15) is 11.5 Å². The number of ether oxygens (including phenoxy) is 1. The van der Waals surface area contributed by atoms with Gasteiger partial charge >= 0.3 is 6.01 Å². The molecule has 6 heteroatoms. The Morgan fingerprint density at radius 2 is 1.89 bits per heavy atom. The van der Waals surface area contributed by atoms with Crippen LogP contribution in [0.3, 0.4) is 0 Å². The average Bonchev–Trinajstić information content (AvgIpc) is 3.17. The third-order valence-corrected chi connectivity index (χ3v) is 5.22. The summed E-state index contributed by atoms with van der Waals surface area (Å²) in [6, 6.07) is 15.1. The fourth-order valence-electron chi connectivity index (χ4n) is 3.83. The molecule has 4 aromatic rings. The second-order valence-electron chi connectivity index (χ2n) is 7.00. The van der Waals surface area contributed by atoms with Gasteiger partial charge < -0.3 is 9.26 Å². The molecule has 1 aliphatic rings. The van der Waals surface area contributed by atoms with Crippen LogP contribution in [-0.2, 0) is 19.5 Å². The Morgan fingerprint density at radius 3 is 2.75 bits per heavy atom. The number of nitrogens with zero attached hydrogens (tertiary/aromatic N) is 4. The Hall–Kier alpha value is -3.25. The van der Waals surface area contributed by atoms with E-state index in [-0.39, 0.29) is 0 Å². The van der Waals surface area contributed by atoms with Gasteiger partial charge in [0.2, 0.25) is 0 Å². The monoisotopic (exact) mass is 372 g/mol. The first-order chi connectivity index (χ1) is 13.8. The number of fused-ring (bicyclic) bond motifs is 2. The molecule has 6 nitrogen and oxygen atoms in total. The summed E-state index contributed by atoms with van der Waals surface area (Å²) in [6.45, 7) is 2.50. The molecule has 0 aliphatic carbocycles. The molecule has 2 aromatic heterocycles.